The van der Waals surface area contributed by atoms with Crippen molar-refractivity contribution in [3.8, 4) is 11.4 Å². The number of imidazole rings is 1. The van der Waals surface area contributed by atoms with Crippen molar-refractivity contribution in [3.63, 3.8) is 0 Å². The number of carbonyl (C=O) groups is 1. The molecule has 1 N–H and O–H groups in total. The predicted octanol–water partition coefficient (Wildman–Crippen LogP) is 3.14. The van der Waals surface area contributed by atoms with Gasteiger partial charge in [-0.3, -0.25) is 4.90 Å². The fourth-order valence-corrected chi connectivity index (χ4v) is 3.85. The van der Waals surface area contributed by atoms with Gasteiger partial charge < -0.3 is 14.8 Å². The Hall–Kier alpha value is -2.93. The van der Waals surface area contributed by atoms with Gasteiger partial charge >= 0.3 is 6.03 Å². The molecule has 0 spiro atoms. The van der Waals surface area contributed by atoms with E-state index in [1.807, 2.05) is 37.1 Å². The summed E-state index contributed by atoms with van der Waals surface area (Å²) in [5.41, 5.74) is 4.18. The summed E-state index contributed by atoms with van der Waals surface area (Å²) in [6, 6.07) is 12.6. The lowest BCUT2D eigenvalue weighted by atomic mass is 10.1. The fraction of sp³-hybridized carbons (Fsp3) is 0.435. The van der Waals surface area contributed by atoms with Crippen molar-refractivity contribution in [2.24, 2.45) is 0 Å². The number of urea groups is 1. The number of carbonyl (C=O) groups excluding carboxylic acids is 1. The number of amides is 2. The van der Waals surface area contributed by atoms with Crippen molar-refractivity contribution < 1.29 is 4.79 Å². The Morgan fingerprint density at radius 3 is 2.50 bits per heavy atom. The number of pyridine rings is 1. The first-order chi connectivity index (χ1) is 14.5. The van der Waals surface area contributed by atoms with Crippen LogP contribution in [0.1, 0.15) is 19.4 Å². The molecule has 0 unspecified atom stereocenters. The number of rotatable bonds is 5. The molecule has 30 heavy (non-hydrogen) atoms. The number of nitrogens with zero attached hydrogens (tertiary/aromatic N) is 5. The van der Waals surface area contributed by atoms with Gasteiger partial charge in [-0.1, -0.05) is 29.8 Å². The molecule has 2 aromatic heterocycles. The molecule has 1 saturated heterocycles. The smallest absolute Gasteiger partial charge is 0.317 e. The van der Waals surface area contributed by atoms with Gasteiger partial charge in [-0.05, 0) is 32.9 Å². The number of benzene rings is 1. The molecule has 0 saturated carbocycles. The SMILES string of the molecule is Cc1ccc(-c2nc3cccnc3n2CCN2CCN(C(=O)NC(C)C)CC2)cc1. The van der Waals surface area contributed by atoms with Crippen molar-refractivity contribution in [2.45, 2.75) is 33.4 Å². The van der Waals surface area contributed by atoms with Gasteiger partial charge in [0, 0.05) is 57.1 Å². The monoisotopic (exact) mass is 406 g/mol. The van der Waals surface area contributed by atoms with Crippen LogP contribution in [0.15, 0.2) is 42.6 Å². The first kappa shape index (κ1) is 20.3. The van der Waals surface area contributed by atoms with Crippen molar-refractivity contribution in [1.82, 2.24) is 29.7 Å². The zero-order valence-electron chi connectivity index (χ0n) is 18.0. The summed E-state index contributed by atoms with van der Waals surface area (Å²) in [6.07, 6.45) is 1.82. The molecule has 1 aliphatic rings. The Balaban J connectivity index is 1.46. The van der Waals surface area contributed by atoms with Crippen LogP contribution in [0.3, 0.4) is 0 Å². The van der Waals surface area contributed by atoms with Crippen LogP contribution in [-0.2, 0) is 6.54 Å². The van der Waals surface area contributed by atoms with E-state index < -0.39 is 0 Å². The minimum absolute atomic E-state index is 0.0381. The standard InChI is InChI=1S/C23H30N6O/c1-17(2)25-23(30)28-14-11-27(12-15-28)13-16-29-21(19-8-6-18(3)7-9-19)26-20-5-4-10-24-22(20)29/h4-10,17H,11-16H2,1-3H3,(H,25,30). The normalized spacial score (nSPS) is 15.1. The zero-order valence-corrected chi connectivity index (χ0v) is 18.0. The molecular weight excluding hydrogens is 376 g/mol. The number of hydrogen-bond donors (Lipinski definition) is 1. The minimum atomic E-state index is 0.0381. The van der Waals surface area contributed by atoms with E-state index in [9.17, 15) is 4.79 Å². The van der Waals surface area contributed by atoms with Crippen LogP contribution < -0.4 is 5.32 Å². The highest BCUT2D eigenvalue weighted by atomic mass is 16.2. The number of piperazine rings is 1. The lowest BCUT2D eigenvalue weighted by Crippen LogP contribution is -2.53. The average Bonchev–Trinajstić information content (AvgIpc) is 3.11. The van der Waals surface area contributed by atoms with Crippen molar-refractivity contribution in [2.75, 3.05) is 32.7 Å². The number of aromatic nitrogens is 3. The Morgan fingerprint density at radius 2 is 1.80 bits per heavy atom. The molecule has 158 valence electrons. The second kappa shape index (κ2) is 8.83. The first-order valence-electron chi connectivity index (χ1n) is 10.7. The molecule has 3 heterocycles. The van der Waals surface area contributed by atoms with Crippen molar-refractivity contribution in [1.29, 1.82) is 0 Å². The lowest BCUT2D eigenvalue weighted by Gasteiger charge is -2.35. The molecule has 4 rings (SSSR count). The van der Waals surface area contributed by atoms with Gasteiger partial charge in [0.2, 0.25) is 0 Å². The molecule has 3 aromatic rings. The van der Waals surface area contributed by atoms with Gasteiger partial charge in [-0.2, -0.15) is 0 Å². The van der Waals surface area contributed by atoms with Crippen LogP contribution in [-0.4, -0.2) is 69.1 Å². The van der Waals surface area contributed by atoms with Gasteiger partial charge in [0.25, 0.3) is 0 Å². The summed E-state index contributed by atoms with van der Waals surface area (Å²) in [5, 5.41) is 2.98. The molecule has 0 bridgehead atoms. The third-order valence-electron chi connectivity index (χ3n) is 5.53. The van der Waals surface area contributed by atoms with Gasteiger partial charge in [-0.15, -0.1) is 0 Å². The van der Waals surface area contributed by atoms with E-state index in [0.29, 0.717) is 0 Å². The highest BCUT2D eigenvalue weighted by Gasteiger charge is 2.22. The third-order valence-corrected chi connectivity index (χ3v) is 5.53. The maximum absolute atomic E-state index is 12.2. The van der Waals surface area contributed by atoms with Crippen LogP contribution >= 0.6 is 0 Å². The van der Waals surface area contributed by atoms with Crippen LogP contribution in [0.4, 0.5) is 4.79 Å². The largest absolute Gasteiger partial charge is 0.336 e. The number of aryl methyl sites for hydroxylation is 1. The zero-order chi connectivity index (χ0) is 21.1. The summed E-state index contributed by atoms with van der Waals surface area (Å²) in [7, 11) is 0. The van der Waals surface area contributed by atoms with Crippen LogP contribution in [0.2, 0.25) is 0 Å². The van der Waals surface area contributed by atoms with E-state index in [4.69, 9.17) is 4.98 Å². The summed E-state index contributed by atoms with van der Waals surface area (Å²) in [5.74, 6) is 0.957. The lowest BCUT2D eigenvalue weighted by molar-refractivity contribution is 0.136. The van der Waals surface area contributed by atoms with E-state index in [1.165, 1.54) is 5.56 Å². The van der Waals surface area contributed by atoms with E-state index in [0.717, 1.165) is 61.8 Å². The van der Waals surface area contributed by atoms with Gasteiger partial charge in [0.1, 0.15) is 11.3 Å². The predicted molar refractivity (Wildman–Crippen MR) is 119 cm³/mol. The van der Waals surface area contributed by atoms with Crippen molar-refractivity contribution >= 4 is 17.2 Å². The van der Waals surface area contributed by atoms with Gasteiger partial charge in [0.05, 0.1) is 0 Å². The molecule has 1 fully saturated rings. The summed E-state index contributed by atoms with van der Waals surface area (Å²) in [4.78, 5) is 26.0. The maximum atomic E-state index is 12.2. The Bertz CT molecular complexity index is 1000. The molecule has 1 aliphatic heterocycles. The van der Waals surface area contributed by atoms with Gasteiger partial charge in [0.15, 0.2) is 5.65 Å². The second-order valence-corrected chi connectivity index (χ2v) is 8.23. The van der Waals surface area contributed by atoms with Crippen LogP contribution in [0.25, 0.3) is 22.6 Å². The number of fused-ring (bicyclic) bond motifs is 1. The molecule has 2 amide bonds. The quantitative estimate of drug-likeness (QED) is 0.707. The van der Waals surface area contributed by atoms with E-state index >= 15 is 0 Å². The Labute approximate surface area is 177 Å². The second-order valence-electron chi connectivity index (χ2n) is 8.23. The van der Waals surface area contributed by atoms with Gasteiger partial charge in [-0.25, -0.2) is 14.8 Å². The number of hydrogen-bond acceptors (Lipinski definition) is 4. The summed E-state index contributed by atoms with van der Waals surface area (Å²) in [6.45, 7) is 11.1. The highest BCUT2D eigenvalue weighted by molar-refractivity contribution is 5.77. The van der Waals surface area contributed by atoms with Crippen LogP contribution in [0.5, 0.6) is 0 Å². The molecule has 7 nitrogen and oxygen atoms in total. The topological polar surface area (TPSA) is 66.3 Å². The van der Waals surface area contributed by atoms with Crippen molar-refractivity contribution in [3.05, 3.63) is 48.2 Å². The minimum Gasteiger partial charge on any atom is -0.336 e. The molecule has 7 heteroatoms. The molecular formula is C23H30N6O. The maximum Gasteiger partial charge on any atom is 0.317 e. The first-order valence-corrected chi connectivity index (χ1v) is 10.7. The molecule has 0 radical (unpaired) electrons. The molecule has 0 aliphatic carbocycles. The van der Waals surface area contributed by atoms with E-state index in [-0.39, 0.29) is 12.1 Å². The average molecular weight is 407 g/mol. The molecule has 0 atom stereocenters. The summed E-state index contributed by atoms with van der Waals surface area (Å²) >= 11 is 0. The van der Waals surface area contributed by atoms with E-state index in [2.05, 4.69) is 51.0 Å². The Kier molecular flexibility index (Phi) is 5.99. The van der Waals surface area contributed by atoms with E-state index in [1.54, 1.807) is 0 Å². The molecule has 1 aromatic carbocycles. The van der Waals surface area contributed by atoms with Crippen LogP contribution in [0, 0.1) is 6.92 Å². The highest BCUT2D eigenvalue weighted by Crippen LogP contribution is 2.24. The summed E-state index contributed by atoms with van der Waals surface area (Å²) < 4.78 is 2.22. The third kappa shape index (κ3) is 4.46. The number of nitrogens with one attached hydrogen (secondary N) is 1. The Morgan fingerprint density at radius 1 is 1.07 bits per heavy atom. The fourth-order valence-electron chi connectivity index (χ4n) is 3.85.